The van der Waals surface area contributed by atoms with Crippen LogP contribution in [0.25, 0.3) is 0 Å². The average molecular weight is 444 g/mol. The molecule has 0 aliphatic heterocycles. The Morgan fingerprint density at radius 1 is 1.06 bits per heavy atom. The van der Waals surface area contributed by atoms with Crippen LogP contribution in [0.4, 0.5) is 0 Å². The first kappa shape index (κ1) is 27.1. The Kier molecular flexibility index (Phi) is 10.9. The van der Waals surface area contributed by atoms with Crippen molar-refractivity contribution in [3.63, 3.8) is 0 Å². The molecule has 1 aromatic carbocycles. The Hall–Kier alpha value is -2.89. The first-order valence-electron chi connectivity index (χ1n) is 10.9. The molecule has 32 heavy (non-hydrogen) atoms. The molecule has 0 saturated heterocycles. The van der Waals surface area contributed by atoms with Crippen LogP contribution in [0.3, 0.4) is 0 Å². The standard InChI is InChI=1S/C26H37NO5/c1-8-10-17-22(28)31-24(20-15-12-11-13-16-20)19(3)27(7)25(30)21(14-9-2)18-23(29)32-26(4,5)6/h8-9,11-13,15-16,19,21,24H,1-2,10,14,17-18H2,3-7H3/t19-,21?,24+/m1/s1. The quantitative estimate of drug-likeness (QED) is 0.335. The topological polar surface area (TPSA) is 72.9 Å². The Morgan fingerprint density at radius 3 is 2.22 bits per heavy atom. The molecule has 0 aromatic heterocycles. The molecule has 0 aliphatic rings. The van der Waals surface area contributed by atoms with Crippen molar-refractivity contribution in [1.82, 2.24) is 4.90 Å². The van der Waals surface area contributed by atoms with E-state index in [1.54, 1.807) is 40.0 Å². The molecule has 1 amide bonds. The van der Waals surface area contributed by atoms with Gasteiger partial charge in [-0.3, -0.25) is 14.4 Å². The molecule has 0 bridgehead atoms. The van der Waals surface area contributed by atoms with E-state index in [0.717, 1.165) is 5.56 Å². The number of carbonyl (C=O) groups is 3. The molecule has 6 nitrogen and oxygen atoms in total. The first-order valence-corrected chi connectivity index (χ1v) is 10.9. The number of allylic oxidation sites excluding steroid dienone is 2. The molecule has 0 saturated carbocycles. The summed E-state index contributed by atoms with van der Waals surface area (Å²) < 4.78 is 11.2. The minimum Gasteiger partial charge on any atom is -0.460 e. The molecule has 1 rings (SSSR count). The van der Waals surface area contributed by atoms with Gasteiger partial charge in [-0.05, 0) is 46.1 Å². The minimum atomic E-state index is -0.645. The number of nitrogens with zero attached hydrogens (tertiary/aromatic N) is 1. The number of ether oxygens (including phenoxy) is 2. The molecule has 176 valence electrons. The maximum atomic E-state index is 13.3. The van der Waals surface area contributed by atoms with E-state index >= 15 is 0 Å². The molecule has 0 aliphatic carbocycles. The van der Waals surface area contributed by atoms with Gasteiger partial charge in [-0.1, -0.05) is 42.5 Å². The van der Waals surface area contributed by atoms with Crippen molar-refractivity contribution < 1.29 is 23.9 Å². The number of likely N-dealkylation sites (N-methyl/N-ethyl adjacent to an activating group) is 1. The van der Waals surface area contributed by atoms with Gasteiger partial charge in [0, 0.05) is 13.5 Å². The summed E-state index contributed by atoms with van der Waals surface area (Å²) in [5.74, 6) is -1.63. The summed E-state index contributed by atoms with van der Waals surface area (Å²) in [6.07, 6.45) is 3.66. The van der Waals surface area contributed by atoms with Gasteiger partial charge in [-0.15, -0.1) is 13.2 Å². The van der Waals surface area contributed by atoms with E-state index in [2.05, 4.69) is 13.2 Å². The molecular formula is C26H37NO5. The SMILES string of the molecule is C=CCCC(=O)O[C@H](c1ccccc1)[C@@H](C)N(C)C(=O)C(CC=C)CC(=O)OC(C)(C)C. The van der Waals surface area contributed by atoms with Crippen LogP contribution in [0.5, 0.6) is 0 Å². The maximum Gasteiger partial charge on any atom is 0.307 e. The molecule has 3 atom stereocenters. The molecule has 0 radical (unpaired) electrons. The highest BCUT2D eigenvalue weighted by Gasteiger charge is 2.33. The lowest BCUT2D eigenvalue weighted by atomic mass is 9.96. The van der Waals surface area contributed by atoms with Crippen molar-refractivity contribution >= 4 is 17.8 Å². The fraction of sp³-hybridized carbons (Fsp3) is 0.500. The van der Waals surface area contributed by atoms with E-state index in [-0.39, 0.29) is 24.7 Å². The molecule has 0 N–H and O–H groups in total. The predicted octanol–water partition coefficient (Wildman–Crippen LogP) is 5.01. The lowest BCUT2D eigenvalue weighted by Crippen LogP contribution is -2.44. The first-order chi connectivity index (χ1) is 15.0. The summed E-state index contributed by atoms with van der Waals surface area (Å²) >= 11 is 0. The van der Waals surface area contributed by atoms with Crippen LogP contribution in [0.1, 0.15) is 65.0 Å². The highest BCUT2D eigenvalue weighted by Crippen LogP contribution is 2.27. The molecule has 6 heteroatoms. The highest BCUT2D eigenvalue weighted by atomic mass is 16.6. The summed E-state index contributed by atoms with van der Waals surface area (Å²) in [5, 5.41) is 0. The smallest absolute Gasteiger partial charge is 0.307 e. The van der Waals surface area contributed by atoms with Crippen LogP contribution >= 0.6 is 0 Å². The predicted molar refractivity (Wildman–Crippen MR) is 126 cm³/mol. The fourth-order valence-corrected chi connectivity index (χ4v) is 3.26. The number of hydrogen-bond acceptors (Lipinski definition) is 5. The van der Waals surface area contributed by atoms with E-state index in [4.69, 9.17) is 9.47 Å². The number of benzene rings is 1. The van der Waals surface area contributed by atoms with E-state index in [0.29, 0.717) is 12.8 Å². The van der Waals surface area contributed by atoms with Gasteiger partial charge >= 0.3 is 11.9 Å². The van der Waals surface area contributed by atoms with Gasteiger partial charge in [0.05, 0.1) is 18.4 Å². The van der Waals surface area contributed by atoms with Crippen LogP contribution in [0.2, 0.25) is 0 Å². The molecule has 0 fully saturated rings. The van der Waals surface area contributed by atoms with Gasteiger partial charge in [-0.2, -0.15) is 0 Å². The summed E-state index contributed by atoms with van der Waals surface area (Å²) in [7, 11) is 1.66. The Labute approximate surface area is 192 Å². The zero-order chi connectivity index (χ0) is 24.3. The molecule has 0 heterocycles. The van der Waals surface area contributed by atoms with Crippen LogP contribution in [0, 0.1) is 5.92 Å². The fourth-order valence-electron chi connectivity index (χ4n) is 3.26. The second-order valence-electron chi connectivity index (χ2n) is 8.85. The van der Waals surface area contributed by atoms with E-state index in [9.17, 15) is 14.4 Å². The number of amides is 1. The van der Waals surface area contributed by atoms with Crippen molar-refractivity contribution in [3.8, 4) is 0 Å². The monoisotopic (exact) mass is 443 g/mol. The third kappa shape index (κ3) is 9.08. The van der Waals surface area contributed by atoms with Gasteiger partial charge in [0.25, 0.3) is 0 Å². The molecular weight excluding hydrogens is 406 g/mol. The van der Waals surface area contributed by atoms with E-state index in [1.807, 2.05) is 37.3 Å². The zero-order valence-corrected chi connectivity index (χ0v) is 20.0. The molecule has 1 unspecified atom stereocenters. The van der Waals surface area contributed by atoms with Gasteiger partial charge in [0.1, 0.15) is 11.7 Å². The van der Waals surface area contributed by atoms with Gasteiger partial charge in [0.2, 0.25) is 5.91 Å². The summed E-state index contributed by atoms with van der Waals surface area (Å²) in [5.41, 5.74) is 0.162. The van der Waals surface area contributed by atoms with Gasteiger partial charge in [-0.25, -0.2) is 0 Å². The van der Waals surface area contributed by atoms with Crippen LogP contribution in [-0.2, 0) is 23.9 Å². The number of rotatable bonds is 12. The van der Waals surface area contributed by atoms with Crippen molar-refractivity contribution in [2.24, 2.45) is 5.92 Å². The normalized spacial score (nSPS) is 13.9. The van der Waals surface area contributed by atoms with E-state index < -0.39 is 29.6 Å². The van der Waals surface area contributed by atoms with Crippen molar-refractivity contribution in [2.45, 2.75) is 71.1 Å². The lowest BCUT2D eigenvalue weighted by molar-refractivity contribution is -0.160. The Morgan fingerprint density at radius 2 is 1.69 bits per heavy atom. The van der Waals surface area contributed by atoms with Crippen molar-refractivity contribution in [2.75, 3.05) is 7.05 Å². The van der Waals surface area contributed by atoms with Crippen LogP contribution in [0.15, 0.2) is 55.6 Å². The summed E-state index contributed by atoms with van der Waals surface area (Å²) in [6, 6.07) is 8.86. The van der Waals surface area contributed by atoms with Gasteiger partial charge in [0.15, 0.2) is 0 Å². The van der Waals surface area contributed by atoms with Crippen molar-refractivity contribution in [1.29, 1.82) is 0 Å². The number of carbonyl (C=O) groups excluding carboxylic acids is 3. The largest absolute Gasteiger partial charge is 0.460 e. The minimum absolute atomic E-state index is 0.0473. The van der Waals surface area contributed by atoms with Crippen LogP contribution < -0.4 is 0 Å². The third-order valence-electron chi connectivity index (χ3n) is 4.97. The number of hydrogen-bond donors (Lipinski definition) is 0. The third-order valence-corrected chi connectivity index (χ3v) is 4.97. The van der Waals surface area contributed by atoms with Crippen molar-refractivity contribution in [3.05, 3.63) is 61.2 Å². The Bertz CT molecular complexity index is 781. The highest BCUT2D eigenvalue weighted by molar-refractivity contribution is 5.84. The van der Waals surface area contributed by atoms with Gasteiger partial charge < -0.3 is 14.4 Å². The summed E-state index contributed by atoms with van der Waals surface area (Å²) in [4.78, 5) is 39.5. The maximum absolute atomic E-state index is 13.3. The van der Waals surface area contributed by atoms with Crippen LogP contribution in [-0.4, -0.2) is 41.4 Å². The second-order valence-corrected chi connectivity index (χ2v) is 8.85. The molecule has 0 spiro atoms. The van der Waals surface area contributed by atoms with E-state index in [1.165, 1.54) is 4.90 Å². The lowest BCUT2D eigenvalue weighted by Gasteiger charge is -2.34. The second kappa shape index (κ2) is 12.8. The zero-order valence-electron chi connectivity index (χ0n) is 20.0. The number of esters is 2. The molecule has 1 aromatic rings. The average Bonchev–Trinajstić information content (AvgIpc) is 2.73. The summed E-state index contributed by atoms with van der Waals surface area (Å²) in [6.45, 7) is 14.5. The Balaban J connectivity index is 3.05.